The zero-order valence-corrected chi connectivity index (χ0v) is 22.8. The lowest BCUT2D eigenvalue weighted by Crippen LogP contribution is -2.65. The Morgan fingerprint density at radius 3 is 1.59 bits per heavy atom. The molecule has 162 valence electrons. The van der Waals surface area contributed by atoms with E-state index in [0.717, 1.165) is 10.5 Å². The molecular weight excluding hydrogens is 636 g/mol. The van der Waals surface area contributed by atoms with Crippen LogP contribution in [0, 0.1) is 6.92 Å². The summed E-state index contributed by atoms with van der Waals surface area (Å²) in [6, 6.07) is 6.55. The second-order valence-electron chi connectivity index (χ2n) is 5.71. The lowest BCUT2D eigenvalue weighted by molar-refractivity contribution is 0.175. The SMILES string of the molecule is Cc1ccc(C2(C(Cl)(Cl)Cl)N=C(C(Cl)(Cl)Cl)N=C(C(Cl)(Cl)Cl)N2C(Cl)(Cl)Cl)cc1. The lowest BCUT2D eigenvalue weighted by atomic mass is 9.97. The van der Waals surface area contributed by atoms with Gasteiger partial charge in [0, 0.05) is 5.56 Å². The third-order valence-corrected chi connectivity index (χ3v) is 5.94. The maximum atomic E-state index is 6.37. The van der Waals surface area contributed by atoms with Gasteiger partial charge in [-0.05, 0) is 6.92 Å². The standard InChI is InChI=1S/C14H7Cl12N3/c1-6-2-4-7(5-3-6)10(13(21,22)23)28-8(11(15,16)17)27-9(12(18,19)20)29(10)14(24,25)26/h2-5H,1H3. The van der Waals surface area contributed by atoms with Crippen LogP contribution in [0.2, 0.25) is 0 Å². The number of rotatable bonds is 1. The average molecular weight is 643 g/mol. The van der Waals surface area contributed by atoms with Gasteiger partial charge in [0.25, 0.3) is 3.92 Å². The highest BCUT2D eigenvalue weighted by atomic mass is 35.6. The summed E-state index contributed by atoms with van der Waals surface area (Å²) in [7, 11) is 0. The predicted octanol–water partition coefficient (Wildman–Crippen LogP) is 8.70. The van der Waals surface area contributed by atoms with Gasteiger partial charge in [-0.3, -0.25) is 4.90 Å². The summed E-state index contributed by atoms with van der Waals surface area (Å²) in [5, 5.41) is 0. The summed E-state index contributed by atoms with van der Waals surface area (Å²) in [4.78, 5) is 9.13. The summed E-state index contributed by atoms with van der Waals surface area (Å²) in [5.41, 5.74) is -1.05. The molecule has 15 heteroatoms. The van der Waals surface area contributed by atoms with E-state index in [0.29, 0.717) is 0 Å². The van der Waals surface area contributed by atoms with Gasteiger partial charge in [-0.1, -0.05) is 169 Å². The number of hydrogen-bond acceptors (Lipinski definition) is 3. The van der Waals surface area contributed by atoms with E-state index in [1.165, 1.54) is 0 Å². The Kier molecular flexibility index (Phi) is 8.30. The van der Waals surface area contributed by atoms with Crippen molar-refractivity contribution in [1.82, 2.24) is 4.90 Å². The molecule has 0 saturated carbocycles. The minimum Gasteiger partial charge on any atom is -0.279 e. The molecule has 0 aromatic heterocycles. The summed E-state index contributed by atoms with van der Waals surface area (Å²) >= 11 is 74.0. The largest absolute Gasteiger partial charge is 0.279 e. The Hall–Kier alpha value is 1.84. The highest BCUT2D eigenvalue weighted by Crippen LogP contribution is 2.58. The van der Waals surface area contributed by atoms with E-state index in [9.17, 15) is 0 Å². The highest BCUT2D eigenvalue weighted by Gasteiger charge is 2.65. The van der Waals surface area contributed by atoms with Gasteiger partial charge in [0.1, 0.15) is 0 Å². The first-order valence-electron chi connectivity index (χ1n) is 7.15. The van der Waals surface area contributed by atoms with E-state index in [-0.39, 0.29) is 5.56 Å². The Morgan fingerprint density at radius 2 is 1.24 bits per heavy atom. The molecule has 0 aliphatic carbocycles. The summed E-state index contributed by atoms with van der Waals surface area (Å²) in [5.74, 6) is -0.952. The highest BCUT2D eigenvalue weighted by molar-refractivity contribution is 6.80. The van der Waals surface area contributed by atoms with Gasteiger partial charge in [0.15, 0.2) is 11.7 Å². The minimum atomic E-state index is -2.37. The van der Waals surface area contributed by atoms with Crippen molar-refractivity contribution < 1.29 is 0 Å². The van der Waals surface area contributed by atoms with Crippen LogP contribution in [0.25, 0.3) is 0 Å². The maximum Gasteiger partial charge on any atom is 0.271 e. The van der Waals surface area contributed by atoms with E-state index in [2.05, 4.69) is 9.98 Å². The van der Waals surface area contributed by atoms with Gasteiger partial charge in [0.2, 0.25) is 17.0 Å². The summed E-state index contributed by atoms with van der Waals surface area (Å²) < 4.78 is -9.22. The van der Waals surface area contributed by atoms with Crippen molar-refractivity contribution in [1.29, 1.82) is 0 Å². The molecule has 1 aliphatic heterocycles. The molecule has 0 radical (unpaired) electrons. The van der Waals surface area contributed by atoms with Crippen molar-refractivity contribution in [3.05, 3.63) is 35.4 Å². The molecule has 0 amide bonds. The van der Waals surface area contributed by atoms with Gasteiger partial charge >= 0.3 is 0 Å². The second kappa shape index (κ2) is 8.89. The Labute approximate surface area is 227 Å². The third kappa shape index (κ3) is 5.67. The molecule has 3 nitrogen and oxygen atoms in total. The fourth-order valence-corrected chi connectivity index (χ4v) is 4.43. The van der Waals surface area contributed by atoms with E-state index in [1.807, 2.05) is 6.92 Å². The van der Waals surface area contributed by atoms with E-state index < -0.39 is 32.6 Å². The number of alkyl halides is 12. The molecular formula is C14H7Cl12N3. The molecule has 1 aliphatic rings. The van der Waals surface area contributed by atoms with Crippen molar-refractivity contribution in [2.24, 2.45) is 9.98 Å². The van der Waals surface area contributed by atoms with Crippen molar-refractivity contribution in [3.63, 3.8) is 0 Å². The first-order chi connectivity index (χ1) is 12.8. The zero-order valence-electron chi connectivity index (χ0n) is 13.7. The van der Waals surface area contributed by atoms with Crippen molar-refractivity contribution in [3.8, 4) is 0 Å². The molecule has 1 atom stereocenters. The molecule has 0 spiro atoms. The van der Waals surface area contributed by atoms with E-state index in [4.69, 9.17) is 139 Å². The molecule has 1 heterocycles. The van der Waals surface area contributed by atoms with Crippen molar-refractivity contribution >= 4 is 151 Å². The summed E-state index contributed by atoms with van der Waals surface area (Å²) in [6.07, 6.45) is 0. The second-order valence-corrected chi connectivity index (χ2v) is 14.8. The number of benzene rings is 1. The molecule has 1 aromatic carbocycles. The monoisotopic (exact) mass is 637 g/mol. The molecule has 1 aromatic rings. The quantitative estimate of drug-likeness (QED) is 0.223. The third-order valence-electron chi connectivity index (χ3n) is 3.62. The summed E-state index contributed by atoms with van der Waals surface area (Å²) in [6.45, 7) is 1.84. The van der Waals surface area contributed by atoms with Crippen molar-refractivity contribution in [2.45, 2.75) is 27.9 Å². The first-order valence-corrected chi connectivity index (χ1v) is 11.7. The number of nitrogens with zero attached hydrogens (tertiary/aromatic N) is 3. The predicted molar refractivity (Wildman–Crippen MR) is 131 cm³/mol. The maximum absolute atomic E-state index is 6.37. The molecule has 0 saturated heterocycles. The van der Waals surface area contributed by atoms with E-state index in [1.54, 1.807) is 24.3 Å². The average Bonchev–Trinajstić information content (AvgIpc) is 2.50. The normalized spacial score (nSPS) is 21.8. The van der Waals surface area contributed by atoms with Crippen LogP contribution >= 0.6 is 139 Å². The molecule has 1 unspecified atom stereocenters. The Bertz CT molecular complexity index is 826. The van der Waals surface area contributed by atoms with Crippen molar-refractivity contribution in [2.75, 3.05) is 0 Å². The van der Waals surface area contributed by atoms with Crippen LogP contribution < -0.4 is 0 Å². The van der Waals surface area contributed by atoms with Crippen LogP contribution in [0.5, 0.6) is 0 Å². The number of aliphatic imine (C=N–C) groups is 2. The van der Waals surface area contributed by atoms with Crippen LogP contribution in [-0.2, 0) is 5.66 Å². The molecule has 2 rings (SSSR count). The fourth-order valence-electron chi connectivity index (χ4n) is 2.49. The molecule has 0 fully saturated rings. The molecule has 29 heavy (non-hydrogen) atoms. The van der Waals surface area contributed by atoms with Crippen LogP contribution in [0.4, 0.5) is 0 Å². The van der Waals surface area contributed by atoms with Gasteiger partial charge in [-0.2, -0.15) is 0 Å². The van der Waals surface area contributed by atoms with Crippen LogP contribution in [0.1, 0.15) is 11.1 Å². The van der Waals surface area contributed by atoms with Crippen LogP contribution in [0.15, 0.2) is 34.3 Å². The Morgan fingerprint density at radius 1 is 0.759 bits per heavy atom. The van der Waals surface area contributed by atoms with Gasteiger partial charge < -0.3 is 0 Å². The number of halogens is 12. The van der Waals surface area contributed by atoms with Gasteiger partial charge in [-0.25, -0.2) is 9.98 Å². The number of hydrogen-bond donors (Lipinski definition) is 0. The number of amidine groups is 2. The van der Waals surface area contributed by atoms with Gasteiger partial charge in [-0.15, -0.1) is 0 Å². The lowest BCUT2D eigenvalue weighted by Gasteiger charge is -2.52. The Balaban J connectivity index is 3.05. The zero-order chi connectivity index (χ0) is 22.6. The first kappa shape index (κ1) is 27.1. The number of aryl methyl sites for hydroxylation is 1. The fraction of sp³-hybridized carbons (Fsp3) is 0.429. The van der Waals surface area contributed by atoms with Gasteiger partial charge in [0.05, 0.1) is 0 Å². The topological polar surface area (TPSA) is 28.0 Å². The van der Waals surface area contributed by atoms with Crippen LogP contribution in [0.3, 0.4) is 0 Å². The molecule has 0 N–H and O–H groups in total. The van der Waals surface area contributed by atoms with E-state index >= 15 is 0 Å². The minimum absolute atomic E-state index is 0.225. The smallest absolute Gasteiger partial charge is 0.271 e. The molecule has 0 bridgehead atoms. The van der Waals surface area contributed by atoms with Crippen LogP contribution in [-0.4, -0.2) is 31.9 Å².